The maximum Gasteiger partial charge on any atom is 0.318 e. The van der Waals surface area contributed by atoms with E-state index in [0.717, 1.165) is 11.4 Å². The molecule has 0 aromatic carbocycles. The molecule has 0 radical (unpaired) electrons. The van der Waals surface area contributed by atoms with Crippen molar-refractivity contribution in [2.75, 3.05) is 20.3 Å². The van der Waals surface area contributed by atoms with E-state index in [-0.39, 0.29) is 5.97 Å². The molecule has 0 bridgehead atoms. The summed E-state index contributed by atoms with van der Waals surface area (Å²) in [6.45, 7) is 2.96. The highest BCUT2D eigenvalue weighted by molar-refractivity contribution is 5.83. The first-order valence-electron chi connectivity index (χ1n) is 5.65. The van der Waals surface area contributed by atoms with E-state index < -0.39 is 5.41 Å². The van der Waals surface area contributed by atoms with Crippen molar-refractivity contribution in [1.82, 2.24) is 9.97 Å². The molecule has 0 saturated carbocycles. The van der Waals surface area contributed by atoms with E-state index in [2.05, 4.69) is 9.97 Å². The number of hydrogen-bond acceptors (Lipinski definition) is 5. The lowest BCUT2D eigenvalue weighted by molar-refractivity contribution is -0.151. The number of aromatic nitrogens is 2. The predicted octanol–water partition coefficient (Wildman–Crippen LogP) is 1.01. The number of carbonyl (C=O) groups excluding carboxylic acids is 1. The molecule has 1 aliphatic heterocycles. The molecular formula is C12H16N2O3. The number of hydrogen-bond donors (Lipinski definition) is 0. The maximum absolute atomic E-state index is 12.1. The van der Waals surface area contributed by atoms with Gasteiger partial charge >= 0.3 is 5.97 Å². The van der Waals surface area contributed by atoms with Crippen LogP contribution in [0, 0.1) is 6.92 Å². The van der Waals surface area contributed by atoms with E-state index >= 15 is 0 Å². The molecule has 92 valence electrons. The second-order valence-electron chi connectivity index (χ2n) is 4.18. The zero-order valence-corrected chi connectivity index (χ0v) is 10.1. The van der Waals surface area contributed by atoms with Crippen LogP contribution in [-0.2, 0) is 19.7 Å². The number of nitrogens with zero attached hydrogens (tertiary/aromatic N) is 2. The van der Waals surface area contributed by atoms with E-state index in [0.29, 0.717) is 26.1 Å². The van der Waals surface area contributed by atoms with Gasteiger partial charge in [-0.15, -0.1) is 0 Å². The van der Waals surface area contributed by atoms with Crippen molar-refractivity contribution in [3.63, 3.8) is 0 Å². The standard InChI is InChI=1S/C12H16N2O3/c1-9-10(14-6-5-13-9)12(11(15)16-2)3-7-17-8-4-12/h5-6H,3-4,7-8H2,1-2H3. The quantitative estimate of drug-likeness (QED) is 0.717. The minimum atomic E-state index is -0.689. The van der Waals surface area contributed by atoms with E-state index in [1.165, 1.54) is 7.11 Å². The first-order chi connectivity index (χ1) is 8.20. The smallest absolute Gasteiger partial charge is 0.318 e. The van der Waals surface area contributed by atoms with Crippen LogP contribution in [0.4, 0.5) is 0 Å². The third kappa shape index (κ3) is 2.02. The van der Waals surface area contributed by atoms with Crippen LogP contribution in [0.1, 0.15) is 24.2 Å². The number of methoxy groups -OCH3 is 1. The van der Waals surface area contributed by atoms with Gasteiger partial charge in [-0.05, 0) is 19.8 Å². The van der Waals surface area contributed by atoms with Crippen LogP contribution in [0.2, 0.25) is 0 Å². The Labute approximate surface area is 100 Å². The van der Waals surface area contributed by atoms with E-state index in [9.17, 15) is 4.79 Å². The molecule has 17 heavy (non-hydrogen) atoms. The van der Waals surface area contributed by atoms with Crippen LogP contribution in [0.15, 0.2) is 12.4 Å². The van der Waals surface area contributed by atoms with Gasteiger partial charge in [-0.3, -0.25) is 14.8 Å². The van der Waals surface area contributed by atoms with Crippen LogP contribution >= 0.6 is 0 Å². The predicted molar refractivity (Wildman–Crippen MR) is 60.5 cm³/mol. The van der Waals surface area contributed by atoms with E-state index in [1.54, 1.807) is 12.4 Å². The number of esters is 1. The summed E-state index contributed by atoms with van der Waals surface area (Å²) in [6.07, 6.45) is 4.43. The first kappa shape index (κ1) is 12.0. The van der Waals surface area contributed by atoms with Gasteiger partial charge in [0.2, 0.25) is 0 Å². The molecule has 5 nitrogen and oxygen atoms in total. The highest BCUT2D eigenvalue weighted by Gasteiger charge is 2.45. The van der Waals surface area contributed by atoms with E-state index in [1.807, 2.05) is 6.92 Å². The molecule has 0 atom stereocenters. The second kappa shape index (κ2) is 4.79. The molecule has 0 N–H and O–H groups in total. The molecule has 5 heteroatoms. The molecule has 0 spiro atoms. The van der Waals surface area contributed by atoms with Gasteiger partial charge in [-0.25, -0.2) is 0 Å². The lowest BCUT2D eigenvalue weighted by atomic mass is 9.76. The summed E-state index contributed by atoms with van der Waals surface area (Å²) in [5.41, 5.74) is 0.806. The van der Waals surface area contributed by atoms with Gasteiger partial charge in [0.25, 0.3) is 0 Å². The Morgan fingerprint density at radius 2 is 2.00 bits per heavy atom. The van der Waals surface area contributed by atoms with Crippen molar-refractivity contribution in [3.8, 4) is 0 Å². The van der Waals surface area contributed by atoms with Gasteiger partial charge in [-0.1, -0.05) is 0 Å². The zero-order valence-electron chi connectivity index (χ0n) is 10.1. The van der Waals surface area contributed by atoms with Crippen molar-refractivity contribution in [2.45, 2.75) is 25.2 Å². The molecule has 2 heterocycles. The summed E-state index contributed by atoms with van der Waals surface area (Å²) in [5, 5.41) is 0. The molecule has 1 aromatic heterocycles. The average Bonchev–Trinajstić information content (AvgIpc) is 2.39. The fourth-order valence-corrected chi connectivity index (χ4v) is 2.33. The van der Waals surface area contributed by atoms with Gasteiger partial charge < -0.3 is 9.47 Å². The minimum absolute atomic E-state index is 0.246. The van der Waals surface area contributed by atoms with Crippen molar-refractivity contribution in [1.29, 1.82) is 0 Å². The number of ether oxygens (including phenoxy) is 2. The highest BCUT2D eigenvalue weighted by Crippen LogP contribution is 2.35. The number of aryl methyl sites for hydroxylation is 1. The fraction of sp³-hybridized carbons (Fsp3) is 0.583. The van der Waals surface area contributed by atoms with Gasteiger partial charge in [0.15, 0.2) is 0 Å². The van der Waals surface area contributed by atoms with Crippen molar-refractivity contribution >= 4 is 5.97 Å². The second-order valence-corrected chi connectivity index (χ2v) is 4.18. The summed E-state index contributed by atoms with van der Waals surface area (Å²) in [5.74, 6) is -0.246. The van der Waals surface area contributed by atoms with Gasteiger partial charge in [0.1, 0.15) is 5.41 Å². The molecule has 0 unspecified atom stereocenters. The minimum Gasteiger partial charge on any atom is -0.468 e. The van der Waals surface area contributed by atoms with Crippen LogP contribution in [0.3, 0.4) is 0 Å². The molecule has 0 aliphatic carbocycles. The molecule has 2 rings (SSSR count). The lowest BCUT2D eigenvalue weighted by Crippen LogP contribution is -2.43. The van der Waals surface area contributed by atoms with Crippen molar-refractivity contribution in [3.05, 3.63) is 23.8 Å². The average molecular weight is 236 g/mol. The molecule has 1 fully saturated rings. The van der Waals surface area contributed by atoms with Gasteiger partial charge in [-0.2, -0.15) is 0 Å². The zero-order chi connectivity index (χ0) is 12.3. The third-order valence-electron chi connectivity index (χ3n) is 3.26. The van der Waals surface area contributed by atoms with Crippen LogP contribution in [0.25, 0.3) is 0 Å². The Morgan fingerprint density at radius 1 is 1.35 bits per heavy atom. The summed E-state index contributed by atoms with van der Waals surface area (Å²) in [6, 6.07) is 0. The summed E-state index contributed by atoms with van der Waals surface area (Å²) >= 11 is 0. The SMILES string of the molecule is COC(=O)C1(c2nccnc2C)CCOCC1. The summed E-state index contributed by atoms with van der Waals surface area (Å²) in [7, 11) is 1.41. The molecule has 1 saturated heterocycles. The lowest BCUT2D eigenvalue weighted by Gasteiger charge is -2.34. The molecule has 0 amide bonds. The summed E-state index contributed by atoms with van der Waals surface area (Å²) in [4.78, 5) is 20.6. The summed E-state index contributed by atoms with van der Waals surface area (Å²) < 4.78 is 10.3. The Kier molecular flexibility index (Phi) is 3.38. The number of carbonyl (C=O) groups is 1. The van der Waals surface area contributed by atoms with Crippen LogP contribution in [0.5, 0.6) is 0 Å². The number of rotatable bonds is 2. The fourth-order valence-electron chi connectivity index (χ4n) is 2.33. The molecular weight excluding hydrogens is 220 g/mol. The Morgan fingerprint density at radius 3 is 2.59 bits per heavy atom. The van der Waals surface area contributed by atoms with E-state index in [4.69, 9.17) is 9.47 Å². The van der Waals surface area contributed by atoms with Gasteiger partial charge in [0.05, 0.1) is 18.5 Å². The Hall–Kier alpha value is -1.49. The van der Waals surface area contributed by atoms with Crippen LogP contribution < -0.4 is 0 Å². The molecule has 1 aromatic rings. The van der Waals surface area contributed by atoms with Crippen LogP contribution in [-0.4, -0.2) is 36.3 Å². The largest absolute Gasteiger partial charge is 0.468 e. The van der Waals surface area contributed by atoms with Crippen molar-refractivity contribution in [2.24, 2.45) is 0 Å². The van der Waals surface area contributed by atoms with Crippen molar-refractivity contribution < 1.29 is 14.3 Å². The topological polar surface area (TPSA) is 61.3 Å². The Balaban J connectivity index is 2.46. The Bertz CT molecular complexity index is 414. The first-order valence-corrected chi connectivity index (χ1v) is 5.65. The monoisotopic (exact) mass is 236 g/mol. The van der Waals surface area contributed by atoms with Gasteiger partial charge in [0, 0.05) is 25.6 Å². The normalized spacial score (nSPS) is 18.7. The molecule has 1 aliphatic rings. The maximum atomic E-state index is 12.1. The third-order valence-corrected chi connectivity index (χ3v) is 3.26. The highest BCUT2D eigenvalue weighted by atomic mass is 16.5.